The van der Waals surface area contributed by atoms with Crippen molar-refractivity contribution in [2.75, 3.05) is 5.73 Å². The number of anilines is 1. The summed E-state index contributed by atoms with van der Waals surface area (Å²) in [6.07, 6.45) is 0. The standard InChI is InChI=1S/C6H5BrN2O/c7-5-3-4(8)1-2-6(5)9-10/h1-3H,8H2. The van der Waals surface area contributed by atoms with Crippen LogP contribution < -0.4 is 5.73 Å². The highest BCUT2D eigenvalue weighted by Crippen LogP contribution is 2.26. The van der Waals surface area contributed by atoms with E-state index < -0.39 is 0 Å². The molecule has 0 amide bonds. The third kappa shape index (κ3) is 1.33. The number of hydrogen-bond acceptors (Lipinski definition) is 3. The molecule has 0 fully saturated rings. The van der Waals surface area contributed by atoms with Crippen LogP contribution >= 0.6 is 15.9 Å². The van der Waals surface area contributed by atoms with E-state index in [9.17, 15) is 4.91 Å². The summed E-state index contributed by atoms with van der Waals surface area (Å²) in [7, 11) is 0. The fourth-order valence-electron chi connectivity index (χ4n) is 0.597. The molecule has 0 saturated heterocycles. The third-order valence-electron chi connectivity index (χ3n) is 1.07. The molecule has 4 heteroatoms. The fourth-order valence-corrected chi connectivity index (χ4v) is 1.07. The SMILES string of the molecule is Nc1ccc(N=O)c(Br)c1. The van der Waals surface area contributed by atoms with Gasteiger partial charge in [-0.2, -0.15) is 0 Å². The highest BCUT2D eigenvalue weighted by atomic mass is 79.9. The van der Waals surface area contributed by atoms with E-state index in [0.29, 0.717) is 15.8 Å². The Hall–Kier alpha value is -0.900. The van der Waals surface area contributed by atoms with Gasteiger partial charge in [0.05, 0.1) is 0 Å². The molecule has 0 radical (unpaired) electrons. The largest absolute Gasteiger partial charge is 0.399 e. The second-order valence-corrected chi connectivity index (χ2v) is 2.66. The lowest BCUT2D eigenvalue weighted by molar-refractivity contribution is 1.47. The summed E-state index contributed by atoms with van der Waals surface area (Å²) < 4.78 is 0.627. The van der Waals surface area contributed by atoms with E-state index in [1.165, 1.54) is 0 Å². The van der Waals surface area contributed by atoms with E-state index in [1.54, 1.807) is 18.2 Å². The first-order chi connectivity index (χ1) is 4.74. The van der Waals surface area contributed by atoms with Crippen LogP contribution in [-0.4, -0.2) is 0 Å². The molecule has 1 rings (SSSR count). The van der Waals surface area contributed by atoms with Crippen LogP contribution in [0.3, 0.4) is 0 Å². The van der Waals surface area contributed by atoms with Crippen molar-refractivity contribution in [3.63, 3.8) is 0 Å². The van der Waals surface area contributed by atoms with Crippen molar-refractivity contribution in [1.29, 1.82) is 0 Å². The van der Waals surface area contributed by atoms with Gasteiger partial charge in [0, 0.05) is 10.2 Å². The molecule has 0 heterocycles. The van der Waals surface area contributed by atoms with Crippen LogP contribution in [0.1, 0.15) is 0 Å². The van der Waals surface area contributed by atoms with Gasteiger partial charge in [-0.15, -0.1) is 4.91 Å². The molecular weight excluding hydrogens is 196 g/mol. The lowest BCUT2D eigenvalue weighted by atomic mass is 10.3. The number of nitrogen functional groups attached to an aromatic ring is 1. The van der Waals surface area contributed by atoms with Crippen molar-refractivity contribution in [3.8, 4) is 0 Å². The summed E-state index contributed by atoms with van der Waals surface area (Å²) in [6, 6.07) is 4.82. The van der Waals surface area contributed by atoms with Crippen LogP contribution in [0.25, 0.3) is 0 Å². The summed E-state index contributed by atoms with van der Waals surface area (Å²) in [5.74, 6) is 0. The summed E-state index contributed by atoms with van der Waals surface area (Å²) in [5, 5.41) is 2.76. The van der Waals surface area contributed by atoms with Crippen molar-refractivity contribution < 1.29 is 0 Å². The van der Waals surface area contributed by atoms with Gasteiger partial charge in [0.15, 0.2) is 0 Å². The summed E-state index contributed by atoms with van der Waals surface area (Å²) >= 11 is 3.13. The minimum absolute atomic E-state index is 0.370. The number of rotatable bonds is 1. The summed E-state index contributed by atoms with van der Waals surface area (Å²) in [5.41, 5.74) is 6.39. The molecular formula is C6H5BrN2O. The first kappa shape index (κ1) is 7.21. The molecule has 0 aromatic heterocycles. The van der Waals surface area contributed by atoms with E-state index in [1.807, 2.05) is 0 Å². The zero-order valence-electron chi connectivity index (χ0n) is 5.04. The van der Waals surface area contributed by atoms with E-state index in [4.69, 9.17) is 5.73 Å². The van der Waals surface area contributed by atoms with Crippen molar-refractivity contribution in [3.05, 3.63) is 27.6 Å². The van der Waals surface area contributed by atoms with Crippen molar-refractivity contribution in [1.82, 2.24) is 0 Å². The van der Waals surface area contributed by atoms with Gasteiger partial charge < -0.3 is 5.73 Å². The van der Waals surface area contributed by atoms with Gasteiger partial charge in [0.25, 0.3) is 0 Å². The average molecular weight is 201 g/mol. The summed E-state index contributed by atoms with van der Waals surface area (Å²) in [4.78, 5) is 10.0. The maximum atomic E-state index is 10.0. The molecule has 0 aliphatic carbocycles. The van der Waals surface area contributed by atoms with Gasteiger partial charge in [0.1, 0.15) is 5.69 Å². The van der Waals surface area contributed by atoms with Crippen LogP contribution in [-0.2, 0) is 0 Å². The Bertz CT molecular complexity index is 262. The average Bonchev–Trinajstić information content (AvgIpc) is 1.88. The Kier molecular flexibility index (Phi) is 2.01. The Balaban J connectivity index is 3.19. The molecule has 1 aromatic carbocycles. The van der Waals surface area contributed by atoms with Crippen molar-refractivity contribution in [2.24, 2.45) is 5.18 Å². The normalized spacial score (nSPS) is 9.30. The van der Waals surface area contributed by atoms with E-state index >= 15 is 0 Å². The quantitative estimate of drug-likeness (QED) is 0.560. The lowest BCUT2D eigenvalue weighted by Crippen LogP contribution is -1.82. The van der Waals surface area contributed by atoms with Crippen LogP contribution in [0.15, 0.2) is 27.8 Å². The van der Waals surface area contributed by atoms with Crippen LogP contribution in [0.2, 0.25) is 0 Å². The fraction of sp³-hybridized carbons (Fsp3) is 0. The maximum absolute atomic E-state index is 10.0. The van der Waals surface area contributed by atoms with Gasteiger partial charge in [-0.1, -0.05) is 0 Å². The van der Waals surface area contributed by atoms with E-state index in [0.717, 1.165) is 0 Å². The molecule has 0 unspecified atom stereocenters. The van der Waals surface area contributed by atoms with Crippen LogP contribution in [0.5, 0.6) is 0 Å². The topological polar surface area (TPSA) is 55.4 Å². The Morgan fingerprint density at radius 1 is 1.50 bits per heavy atom. The zero-order chi connectivity index (χ0) is 7.56. The number of hydrogen-bond donors (Lipinski definition) is 1. The van der Waals surface area contributed by atoms with Crippen LogP contribution in [0.4, 0.5) is 11.4 Å². The molecule has 0 saturated carbocycles. The molecule has 0 bridgehead atoms. The predicted octanol–water partition coefficient (Wildman–Crippen LogP) is 2.43. The zero-order valence-corrected chi connectivity index (χ0v) is 6.63. The van der Waals surface area contributed by atoms with Crippen molar-refractivity contribution >= 4 is 27.3 Å². The van der Waals surface area contributed by atoms with Gasteiger partial charge in [-0.05, 0) is 39.3 Å². The number of halogens is 1. The van der Waals surface area contributed by atoms with Crippen LogP contribution in [0, 0.1) is 4.91 Å². The Morgan fingerprint density at radius 3 is 2.70 bits per heavy atom. The monoisotopic (exact) mass is 200 g/mol. The van der Waals surface area contributed by atoms with Gasteiger partial charge in [-0.25, -0.2) is 0 Å². The second-order valence-electron chi connectivity index (χ2n) is 1.80. The van der Waals surface area contributed by atoms with E-state index in [-0.39, 0.29) is 0 Å². The minimum Gasteiger partial charge on any atom is -0.399 e. The molecule has 10 heavy (non-hydrogen) atoms. The van der Waals surface area contributed by atoms with Gasteiger partial charge in [-0.3, -0.25) is 0 Å². The molecule has 0 atom stereocenters. The number of nitrogens with zero attached hydrogens (tertiary/aromatic N) is 1. The minimum atomic E-state index is 0.370. The molecule has 0 aliphatic heterocycles. The molecule has 0 aliphatic rings. The Morgan fingerprint density at radius 2 is 2.20 bits per heavy atom. The number of nitrogens with two attached hydrogens (primary N) is 1. The highest BCUT2D eigenvalue weighted by molar-refractivity contribution is 9.10. The smallest absolute Gasteiger partial charge is 0.122 e. The molecule has 2 N–H and O–H groups in total. The summed E-state index contributed by atoms with van der Waals surface area (Å²) in [6.45, 7) is 0. The molecule has 0 spiro atoms. The molecule has 1 aromatic rings. The third-order valence-corrected chi connectivity index (χ3v) is 1.71. The number of nitroso groups, excluding NO2 is 1. The molecule has 52 valence electrons. The maximum Gasteiger partial charge on any atom is 0.122 e. The van der Waals surface area contributed by atoms with Crippen molar-refractivity contribution in [2.45, 2.75) is 0 Å². The first-order valence-electron chi connectivity index (χ1n) is 2.62. The first-order valence-corrected chi connectivity index (χ1v) is 3.41. The van der Waals surface area contributed by atoms with E-state index in [2.05, 4.69) is 21.1 Å². The lowest BCUT2D eigenvalue weighted by Gasteiger charge is -1.94. The highest BCUT2D eigenvalue weighted by Gasteiger charge is 1.97. The number of benzene rings is 1. The molecule has 3 nitrogen and oxygen atoms in total. The predicted molar refractivity (Wildman–Crippen MR) is 44.0 cm³/mol. The second kappa shape index (κ2) is 2.79. The van der Waals surface area contributed by atoms with Gasteiger partial charge >= 0.3 is 0 Å². The Labute approximate surface area is 66.3 Å². The van der Waals surface area contributed by atoms with Gasteiger partial charge in [0.2, 0.25) is 0 Å².